The van der Waals surface area contributed by atoms with Crippen LogP contribution in [0.5, 0.6) is 11.6 Å². The van der Waals surface area contributed by atoms with Crippen molar-refractivity contribution >= 4 is 23.1 Å². The average Bonchev–Trinajstić information content (AvgIpc) is 2.69. The molecular formula is C21H22N4O3. The molecule has 7 heteroatoms. The molecule has 0 saturated carbocycles. The fourth-order valence-electron chi connectivity index (χ4n) is 2.56. The molecule has 144 valence electrons. The summed E-state index contributed by atoms with van der Waals surface area (Å²) in [6.07, 6.45) is 0. The predicted octanol–water partition coefficient (Wildman–Crippen LogP) is 4.19. The van der Waals surface area contributed by atoms with Crippen molar-refractivity contribution in [1.82, 2.24) is 9.97 Å². The summed E-state index contributed by atoms with van der Waals surface area (Å²) < 4.78 is 10.5. The van der Waals surface area contributed by atoms with Crippen molar-refractivity contribution in [2.75, 3.05) is 24.4 Å². The van der Waals surface area contributed by atoms with Crippen molar-refractivity contribution in [2.24, 2.45) is 0 Å². The molecule has 2 N–H and O–H groups in total. The van der Waals surface area contributed by atoms with Gasteiger partial charge in [-0.05, 0) is 62.4 Å². The van der Waals surface area contributed by atoms with Crippen LogP contribution >= 0.6 is 0 Å². The van der Waals surface area contributed by atoms with Crippen molar-refractivity contribution in [3.63, 3.8) is 0 Å². The molecule has 0 bridgehead atoms. The molecule has 7 nitrogen and oxygen atoms in total. The summed E-state index contributed by atoms with van der Waals surface area (Å²) in [5.41, 5.74) is 2.09. The minimum Gasteiger partial charge on any atom is -0.497 e. The first-order valence-corrected chi connectivity index (χ1v) is 8.88. The van der Waals surface area contributed by atoms with Gasteiger partial charge < -0.3 is 20.1 Å². The van der Waals surface area contributed by atoms with Gasteiger partial charge in [-0.3, -0.25) is 4.79 Å². The van der Waals surface area contributed by atoms with E-state index in [9.17, 15) is 4.79 Å². The molecule has 0 aliphatic heterocycles. The Morgan fingerprint density at radius 3 is 2.32 bits per heavy atom. The highest BCUT2D eigenvalue weighted by atomic mass is 16.5. The van der Waals surface area contributed by atoms with E-state index in [2.05, 4.69) is 20.6 Å². The molecular weight excluding hydrogens is 356 g/mol. The number of aromatic nitrogens is 2. The molecule has 0 fully saturated rings. The van der Waals surface area contributed by atoms with E-state index in [1.807, 2.05) is 38.1 Å². The predicted molar refractivity (Wildman–Crippen MR) is 109 cm³/mol. The highest BCUT2D eigenvalue weighted by Gasteiger charge is 2.07. The zero-order valence-electron chi connectivity index (χ0n) is 16.0. The number of rotatable bonds is 7. The molecule has 0 unspecified atom stereocenters. The number of hydrogen-bond acceptors (Lipinski definition) is 6. The topological polar surface area (TPSA) is 85.4 Å². The van der Waals surface area contributed by atoms with E-state index in [1.54, 1.807) is 37.4 Å². The second-order valence-corrected chi connectivity index (χ2v) is 5.96. The van der Waals surface area contributed by atoms with Crippen molar-refractivity contribution in [2.45, 2.75) is 13.8 Å². The van der Waals surface area contributed by atoms with Gasteiger partial charge in [0.2, 0.25) is 5.88 Å². The van der Waals surface area contributed by atoms with Gasteiger partial charge >= 0.3 is 0 Å². The van der Waals surface area contributed by atoms with Crippen LogP contribution in [0, 0.1) is 6.92 Å². The molecule has 0 radical (unpaired) electrons. The molecule has 0 aliphatic carbocycles. The monoisotopic (exact) mass is 378 g/mol. The number of carbonyl (C=O) groups is 1. The van der Waals surface area contributed by atoms with Crippen LogP contribution in [0.2, 0.25) is 0 Å². The third kappa shape index (κ3) is 4.97. The highest BCUT2D eigenvalue weighted by Crippen LogP contribution is 2.21. The summed E-state index contributed by atoms with van der Waals surface area (Å²) >= 11 is 0. The van der Waals surface area contributed by atoms with E-state index >= 15 is 0 Å². The summed E-state index contributed by atoms with van der Waals surface area (Å²) in [7, 11) is 1.59. The fourth-order valence-corrected chi connectivity index (χ4v) is 2.56. The lowest BCUT2D eigenvalue weighted by Crippen LogP contribution is -2.11. The summed E-state index contributed by atoms with van der Waals surface area (Å²) in [4.78, 5) is 20.9. The normalized spacial score (nSPS) is 10.2. The number of nitrogens with zero attached hydrogens (tertiary/aromatic N) is 2. The van der Waals surface area contributed by atoms with Gasteiger partial charge in [0.25, 0.3) is 5.91 Å². The minimum atomic E-state index is -0.184. The summed E-state index contributed by atoms with van der Waals surface area (Å²) in [5, 5.41) is 6.08. The lowest BCUT2D eigenvalue weighted by atomic mass is 10.2. The molecule has 1 heterocycles. The molecule has 3 rings (SSSR count). The van der Waals surface area contributed by atoms with Crippen LogP contribution in [0.3, 0.4) is 0 Å². The number of hydrogen-bond donors (Lipinski definition) is 2. The van der Waals surface area contributed by atoms with Gasteiger partial charge in [0.05, 0.1) is 13.7 Å². The Morgan fingerprint density at radius 2 is 1.68 bits per heavy atom. The van der Waals surface area contributed by atoms with E-state index < -0.39 is 0 Å². The van der Waals surface area contributed by atoms with Gasteiger partial charge in [-0.2, -0.15) is 4.98 Å². The summed E-state index contributed by atoms with van der Waals surface area (Å²) in [6.45, 7) is 4.26. The molecule has 0 saturated heterocycles. The van der Waals surface area contributed by atoms with Gasteiger partial charge in [-0.1, -0.05) is 0 Å². The number of methoxy groups -OCH3 is 1. The van der Waals surface area contributed by atoms with Crippen LogP contribution in [0.25, 0.3) is 0 Å². The Hall–Kier alpha value is -3.61. The average molecular weight is 378 g/mol. The lowest BCUT2D eigenvalue weighted by molar-refractivity contribution is 0.102. The Bertz CT molecular complexity index is 941. The number of carbonyl (C=O) groups excluding carboxylic acids is 1. The standard InChI is InChI=1S/C21H22N4O3/c1-4-28-20-13-19(22-14(2)23-20)24-16-7-9-17(10-8-16)25-21(26)15-5-11-18(27-3)12-6-15/h5-13H,4H2,1-3H3,(H,25,26)(H,22,23,24). The zero-order chi connectivity index (χ0) is 19.9. The number of aryl methyl sites for hydroxylation is 1. The maximum Gasteiger partial charge on any atom is 0.255 e. The first-order chi connectivity index (χ1) is 13.6. The molecule has 0 aliphatic rings. The van der Waals surface area contributed by atoms with Crippen LogP contribution in [-0.4, -0.2) is 29.6 Å². The number of amides is 1. The van der Waals surface area contributed by atoms with Gasteiger partial charge in [-0.25, -0.2) is 4.98 Å². The summed E-state index contributed by atoms with van der Waals surface area (Å²) in [5.74, 6) is 2.32. The lowest BCUT2D eigenvalue weighted by Gasteiger charge is -2.10. The Morgan fingerprint density at radius 1 is 1.00 bits per heavy atom. The SMILES string of the molecule is CCOc1cc(Nc2ccc(NC(=O)c3ccc(OC)cc3)cc2)nc(C)n1. The summed E-state index contributed by atoms with van der Waals surface area (Å²) in [6, 6.07) is 16.1. The largest absolute Gasteiger partial charge is 0.497 e. The Labute approximate surface area is 163 Å². The van der Waals surface area contributed by atoms with E-state index in [1.165, 1.54) is 0 Å². The van der Waals surface area contributed by atoms with Crippen molar-refractivity contribution in [1.29, 1.82) is 0 Å². The van der Waals surface area contributed by atoms with Crippen LogP contribution in [0.4, 0.5) is 17.2 Å². The van der Waals surface area contributed by atoms with Crippen molar-refractivity contribution in [3.05, 3.63) is 66.0 Å². The van der Waals surface area contributed by atoms with Crippen LogP contribution in [0.15, 0.2) is 54.6 Å². The van der Waals surface area contributed by atoms with E-state index in [0.29, 0.717) is 41.1 Å². The quantitative estimate of drug-likeness (QED) is 0.641. The minimum absolute atomic E-state index is 0.184. The molecule has 1 amide bonds. The van der Waals surface area contributed by atoms with Crippen molar-refractivity contribution < 1.29 is 14.3 Å². The second kappa shape index (κ2) is 8.85. The number of benzene rings is 2. The van der Waals surface area contributed by atoms with Crippen LogP contribution in [-0.2, 0) is 0 Å². The van der Waals surface area contributed by atoms with Gasteiger partial charge in [0.15, 0.2) is 0 Å². The molecule has 2 aromatic carbocycles. The third-order valence-electron chi connectivity index (χ3n) is 3.87. The molecule has 0 atom stereocenters. The molecule has 28 heavy (non-hydrogen) atoms. The maximum absolute atomic E-state index is 12.3. The molecule has 0 spiro atoms. The third-order valence-corrected chi connectivity index (χ3v) is 3.87. The van der Waals surface area contributed by atoms with Gasteiger partial charge in [0, 0.05) is 23.0 Å². The first kappa shape index (κ1) is 19.2. The van der Waals surface area contributed by atoms with Gasteiger partial charge in [-0.15, -0.1) is 0 Å². The zero-order valence-corrected chi connectivity index (χ0v) is 16.0. The molecule has 3 aromatic rings. The number of anilines is 3. The van der Waals surface area contributed by atoms with E-state index in [4.69, 9.17) is 9.47 Å². The van der Waals surface area contributed by atoms with Crippen molar-refractivity contribution in [3.8, 4) is 11.6 Å². The Balaban J connectivity index is 1.65. The smallest absolute Gasteiger partial charge is 0.255 e. The number of ether oxygens (including phenoxy) is 2. The fraction of sp³-hybridized carbons (Fsp3) is 0.190. The highest BCUT2D eigenvalue weighted by molar-refractivity contribution is 6.04. The van der Waals surface area contributed by atoms with E-state index in [0.717, 1.165) is 5.69 Å². The second-order valence-electron chi connectivity index (χ2n) is 5.96. The van der Waals surface area contributed by atoms with Crippen LogP contribution < -0.4 is 20.1 Å². The van der Waals surface area contributed by atoms with E-state index in [-0.39, 0.29) is 5.91 Å². The first-order valence-electron chi connectivity index (χ1n) is 8.88. The molecule has 1 aromatic heterocycles. The van der Waals surface area contributed by atoms with Crippen LogP contribution in [0.1, 0.15) is 23.1 Å². The number of nitrogens with one attached hydrogen (secondary N) is 2. The Kier molecular flexibility index (Phi) is 6.06. The maximum atomic E-state index is 12.3. The van der Waals surface area contributed by atoms with Gasteiger partial charge in [0.1, 0.15) is 17.4 Å².